The Labute approximate surface area is 218 Å². The first-order chi connectivity index (χ1) is 17.0. The first kappa shape index (κ1) is 26.3. The summed E-state index contributed by atoms with van der Waals surface area (Å²) < 4.78 is 6.71. The number of ether oxygens (including phenoxy) is 1. The molecule has 3 aromatic rings. The Morgan fingerprint density at radius 2 is 1.72 bits per heavy atom. The molecule has 0 saturated heterocycles. The molecule has 0 saturated carbocycles. The SMILES string of the molecule is CN(C)CCCc1ccc2nc(N(C)C(=O)C3(CC(=O)OC(C)(C)C)Cc4ccccc4C3)sc2c1. The maximum atomic E-state index is 14.1. The van der Waals surface area contributed by atoms with E-state index in [4.69, 9.17) is 9.72 Å². The molecule has 0 bridgehead atoms. The Morgan fingerprint density at radius 1 is 1.06 bits per heavy atom. The molecule has 2 aromatic carbocycles. The molecule has 1 amide bonds. The molecule has 1 aliphatic carbocycles. The van der Waals surface area contributed by atoms with Gasteiger partial charge in [-0.2, -0.15) is 0 Å². The van der Waals surface area contributed by atoms with E-state index >= 15 is 0 Å². The minimum atomic E-state index is -0.879. The molecular formula is C29H37N3O3S. The van der Waals surface area contributed by atoms with Gasteiger partial charge >= 0.3 is 5.97 Å². The second kappa shape index (κ2) is 10.3. The molecule has 0 aliphatic heterocycles. The normalized spacial score (nSPS) is 14.8. The Bertz CT molecular complexity index is 1230. The van der Waals surface area contributed by atoms with Gasteiger partial charge in [-0.3, -0.25) is 14.5 Å². The number of carbonyl (C=O) groups excluding carboxylic acids is 2. The number of hydrogen-bond acceptors (Lipinski definition) is 6. The second-order valence-electron chi connectivity index (χ2n) is 11.2. The number of nitrogens with zero attached hydrogens (tertiary/aromatic N) is 3. The van der Waals surface area contributed by atoms with Crippen LogP contribution in [0.5, 0.6) is 0 Å². The zero-order valence-electron chi connectivity index (χ0n) is 22.3. The third kappa shape index (κ3) is 5.95. The highest BCUT2D eigenvalue weighted by atomic mass is 32.1. The number of benzene rings is 2. The predicted octanol–water partition coefficient (Wildman–Crippen LogP) is 5.27. The monoisotopic (exact) mass is 507 g/mol. The quantitative estimate of drug-likeness (QED) is 0.389. The molecular weight excluding hydrogens is 470 g/mol. The smallest absolute Gasteiger partial charge is 0.307 e. The minimum absolute atomic E-state index is 0.0447. The number of hydrogen-bond donors (Lipinski definition) is 0. The Hall–Kier alpha value is -2.77. The molecule has 36 heavy (non-hydrogen) atoms. The molecule has 0 fully saturated rings. The van der Waals surface area contributed by atoms with Gasteiger partial charge in [0, 0.05) is 7.05 Å². The maximum Gasteiger partial charge on any atom is 0.307 e. The number of aryl methyl sites for hydroxylation is 1. The molecule has 1 aromatic heterocycles. The lowest BCUT2D eigenvalue weighted by atomic mass is 9.80. The Balaban J connectivity index is 1.58. The van der Waals surface area contributed by atoms with Crippen molar-refractivity contribution in [1.29, 1.82) is 0 Å². The fourth-order valence-electron chi connectivity index (χ4n) is 5.00. The fourth-order valence-corrected chi connectivity index (χ4v) is 5.99. The zero-order chi connectivity index (χ0) is 26.1. The predicted molar refractivity (Wildman–Crippen MR) is 147 cm³/mol. The third-order valence-electron chi connectivity index (χ3n) is 6.64. The molecule has 0 radical (unpaired) electrons. The molecule has 6 nitrogen and oxygen atoms in total. The first-order valence-electron chi connectivity index (χ1n) is 12.6. The van der Waals surface area contributed by atoms with Crippen LogP contribution < -0.4 is 4.90 Å². The van der Waals surface area contributed by atoms with E-state index in [-0.39, 0.29) is 18.3 Å². The summed E-state index contributed by atoms with van der Waals surface area (Å²) in [7, 11) is 5.95. The van der Waals surface area contributed by atoms with Crippen LogP contribution in [0.2, 0.25) is 0 Å². The number of amides is 1. The largest absolute Gasteiger partial charge is 0.460 e. The molecule has 0 unspecified atom stereocenters. The number of anilines is 1. The van der Waals surface area contributed by atoms with Crippen LogP contribution in [0.15, 0.2) is 42.5 Å². The fraction of sp³-hybridized carbons (Fsp3) is 0.483. The molecule has 7 heteroatoms. The van der Waals surface area contributed by atoms with Crippen molar-refractivity contribution in [2.24, 2.45) is 5.41 Å². The summed E-state index contributed by atoms with van der Waals surface area (Å²) in [6.07, 6.45) is 3.19. The van der Waals surface area contributed by atoms with Gasteiger partial charge in [0.05, 0.1) is 22.1 Å². The van der Waals surface area contributed by atoms with Crippen molar-refractivity contribution in [2.45, 2.75) is 58.5 Å². The average molecular weight is 508 g/mol. The first-order valence-corrected chi connectivity index (χ1v) is 13.4. The Kier molecular flexibility index (Phi) is 7.53. The van der Waals surface area contributed by atoms with Gasteiger partial charge in [-0.05, 0) is 95.9 Å². The number of aromatic nitrogens is 1. The number of fused-ring (bicyclic) bond motifs is 2. The van der Waals surface area contributed by atoms with Crippen LogP contribution in [0.3, 0.4) is 0 Å². The van der Waals surface area contributed by atoms with Crippen molar-refractivity contribution in [3.8, 4) is 0 Å². The maximum absolute atomic E-state index is 14.1. The van der Waals surface area contributed by atoms with Gasteiger partial charge in [0.1, 0.15) is 5.60 Å². The molecule has 4 rings (SSSR count). The highest BCUT2D eigenvalue weighted by Gasteiger charge is 2.48. The summed E-state index contributed by atoms with van der Waals surface area (Å²) in [5.41, 5.74) is 2.93. The van der Waals surface area contributed by atoms with Gasteiger partial charge in [0.2, 0.25) is 5.91 Å². The summed E-state index contributed by atoms with van der Waals surface area (Å²) in [4.78, 5) is 35.6. The minimum Gasteiger partial charge on any atom is -0.460 e. The van der Waals surface area contributed by atoms with Crippen LogP contribution >= 0.6 is 11.3 Å². The van der Waals surface area contributed by atoms with Gasteiger partial charge < -0.3 is 9.64 Å². The topological polar surface area (TPSA) is 62.7 Å². The van der Waals surface area contributed by atoms with Crippen LogP contribution in [0.25, 0.3) is 10.2 Å². The molecule has 192 valence electrons. The van der Waals surface area contributed by atoms with Gasteiger partial charge in [0.25, 0.3) is 0 Å². The highest BCUT2D eigenvalue weighted by Crippen LogP contribution is 2.43. The number of esters is 1. The van der Waals surface area contributed by atoms with Crippen LogP contribution in [0.4, 0.5) is 5.13 Å². The standard InChI is InChI=1S/C29H37N3O3S/c1-28(2,3)35-25(33)19-29(17-21-11-7-8-12-22(21)18-29)26(34)32(6)27-30-23-14-13-20(16-24(23)36-27)10-9-15-31(4)5/h7-8,11-14,16H,9-10,15,17-19H2,1-6H3. The lowest BCUT2D eigenvalue weighted by Gasteiger charge is -2.31. The van der Waals surface area contributed by atoms with Crippen molar-refractivity contribution < 1.29 is 14.3 Å². The van der Waals surface area contributed by atoms with Crippen LogP contribution in [0, 0.1) is 5.41 Å². The van der Waals surface area contributed by atoms with E-state index in [0.29, 0.717) is 18.0 Å². The summed E-state index contributed by atoms with van der Waals surface area (Å²) in [6.45, 7) is 6.60. The lowest BCUT2D eigenvalue weighted by molar-refractivity contribution is -0.159. The van der Waals surface area contributed by atoms with E-state index < -0.39 is 11.0 Å². The molecule has 0 N–H and O–H groups in total. The number of carbonyl (C=O) groups is 2. The van der Waals surface area contributed by atoms with Gasteiger partial charge in [-0.25, -0.2) is 4.98 Å². The number of thiazole rings is 1. The Morgan fingerprint density at radius 3 is 2.33 bits per heavy atom. The zero-order valence-corrected chi connectivity index (χ0v) is 23.1. The summed E-state index contributed by atoms with van der Waals surface area (Å²) in [5.74, 6) is -0.432. The summed E-state index contributed by atoms with van der Waals surface area (Å²) in [5, 5.41) is 0.653. The van der Waals surface area contributed by atoms with Gasteiger partial charge in [0.15, 0.2) is 5.13 Å². The van der Waals surface area contributed by atoms with E-state index in [2.05, 4.69) is 43.3 Å². The molecule has 0 atom stereocenters. The molecule has 0 spiro atoms. The van der Waals surface area contributed by atoms with E-state index in [1.54, 1.807) is 11.9 Å². The van der Waals surface area contributed by atoms with Crippen LogP contribution in [0.1, 0.15) is 50.3 Å². The number of rotatable bonds is 8. The third-order valence-corrected chi connectivity index (χ3v) is 7.73. The average Bonchev–Trinajstić information content (AvgIpc) is 3.37. The van der Waals surface area contributed by atoms with E-state index in [1.807, 2.05) is 39.0 Å². The lowest BCUT2D eigenvalue weighted by Crippen LogP contribution is -2.45. The van der Waals surface area contributed by atoms with Crippen LogP contribution in [-0.4, -0.2) is 55.0 Å². The van der Waals surface area contributed by atoms with Crippen molar-refractivity contribution in [1.82, 2.24) is 9.88 Å². The highest BCUT2D eigenvalue weighted by molar-refractivity contribution is 7.22. The van der Waals surface area contributed by atoms with Gasteiger partial charge in [-0.15, -0.1) is 0 Å². The second-order valence-corrected chi connectivity index (χ2v) is 12.2. The van der Waals surface area contributed by atoms with Crippen molar-refractivity contribution in [3.63, 3.8) is 0 Å². The van der Waals surface area contributed by atoms with Crippen molar-refractivity contribution in [2.75, 3.05) is 32.6 Å². The van der Waals surface area contributed by atoms with Gasteiger partial charge in [-0.1, -0.05) is 41.7 Å². The van der Waals surface area contributed by atoms with E-state index in [0.717, 1.165) is 40.7 Å². The summed E-state index contributed by atoms with van der Waals surface area (Å²) in [6, 6.07) is 14.4. The van der Waals surface area contributed by atoms with Crippen LogP contribution in [-0.2, 0) is 33.6 Å². The van der Waals surface area contributed by atoms with E-state index in [1.165, 1.54) is 16.9 Å². The molecule has 1 heterocycles. The molecule has 1 aliphatic rings. The van der Waals surface area contributed by atoms with Crippen molar-refractivity contribution >= 4 is 38.6 Å². The van der Waals surface area contributed by atoms with E-state index in [9.17, 15) is 9.59 Å². The van der Waals surface area contributed by atoms with Crippen molar-refractivity contribution in [3.05, 3.63) is 59.2 Å². The summed E-state index contributed by atoms with van der Waals surface area (Å²) >= 11 is 1.53.